The Kier molecular flexibility index (Phi) is 6.06. The van der Waals surface area contributed by atoms with Crippen molar-refractivity contribution in [1.29, 1.82) is 0 Å². The van der Waals surface area contributed by atoms with Crippen LogP contribution in [0.3, 0.4) is 0 Å². The van der Waals surface area contributed by atoms with Crippen molar-refractivity contribution in [2.45, 2.75) is 11.2 Å². The van der Waals surface area contributed by atoms with Crippen molar-refractivity contribution in [2.75, 3.05) is 19.4 Å². The number of halogens is 2. The van der Waals surface area contributed by atoms with Gasteiger partial charge in [-0.25, -0.2) is 31.7 Å². The second-order valence-electron chi connectivity index (χ2n) is 8.29. The predicted octanol–water partition coefficient (Wildman–Crippen LogP) is 2.79. The van der Waals surface area contributed by atoms with Gasteiger partial charge >= 0.3 is 5.97 Å². The first-order valence-electron chi connectivity index (χ1n) is 10.9. The molecular formula is C24H18F2N4O6S. The molecule has 0 spiro atoms. The number of fused-ring (bicyclic) bond motifs is 1. The van der Waals surface area contributed by atoms with Gasteiger partial charge in [-0.3, -0.25) is 10.1 Å². The molecule has 13 heteroatoms. The number of carbonyl (C=O) groups is 2. The van der Waals surface area contributed by atoms with Crippen molar-refractivity contribution in [2.24, 2.45) is 0 Å². The Balaban J connectivity index is 1.69. The van der Waals surface area contributed by atoms with E-state index < -0.39 is 50.0 Å². The number of sulfone groups is 1. The van der Waals surface area contributed by atoms with Crippen molar-refractivity contribution < 1.29 is 36.6 Å². The van der Waals surface area contributed by atoms with Crippen molar-refractivity contribution in [1.82, 2.24) is 20.1 Å². The summed E-state index contributed by atoms with van der Waals surface area (Å²) in [5.74, 6) is -4.90. The Hall–Kier alpha value is -4.07. The molecule has 37 heavy (non-hydrogen) atoms. The van der Waals surface area contributed by atoms with E-state index in [4.69, 9.17) is 9.84 Å². The zero-order chi connectivity index (χ0) is 26.5. The van der Waals surface area contributed by atoms with Crippen LogP contribution in [-0.2, 0) is 14.6 Å². The molecular weight excluding hydrogens is 510 g/mol. The summed E-state index contributed by atoms with van der Waals surface area (Å²) in [5.41, 5.74) is 0.473. The van der Waals surface area contributed by atoms with Crippen LogP contribution in [0, 0.1) is 11.6 Å². The van der Waals surface area contributed by atoms with Crippen LogP contribution in [0.25, 0.3) is 22.2 Å². The number of hydrogen-bond acceptors (Lipinski definition) is 8. The van der Waals surface area contributed by atoms with E-state index in [0.717, 1.165) is 6.07 Å². The molecule has 0 bridgehead atoms. The number of aromatic carboxylic acids is 1. The van der Waals surface area contributed by atoms with Crippen LogP contribution in [0.4, 0.5) is 8.78 Å². The molecule has 1 aliphatic rings. The lowest BCUT2D eigenvalue weighted by atomic mass is 10.0. The Bertz CT molecular complexity index is 1680. The molecule has 2 aromatic carbocycles. The topological polar surface area (TPSA) is 140 Å². The summed E-state index contributed by atoms with van der Waals surface area (Å²) in [6.07, 6.45) is 1.38. The number of carboxylic acids is 1. The summed E-state index contributed by atoms with van der Waals surface area (Å²) in [6.45, 7) is 0.876. The lowest BCUT2D eigenvalue weighted by Crippen LogP contribution is -2.22. The van der Waals surface area contributed by atoms with Gasteiger partial charge in [-0.1, -0.05) is 12.1 Å². The van der Waals surface area contributed by atoms with Crippen LogP contribution < -0.4 is 5.32 Å². The third-order valence-corrected chi connectivity index (χ3v) is 6.93. The van der Waals surface area contributed by atoms with Crippen molar-refractivity contribution >= 4 is 32.6 Å². The number of rotatable bonds is 6. The molecule has 0 amide bonds. The Morgan fingerprint density at radius 2 is 1.86 bits per heavy atom. The Labute approximate surface area is 208 Å². The van der Waals surface area contributed by atoms with Crippen LogP contribution in [0.1, 0.15) is 32.8 Å². The summed E-state index contributed by atoms with van der Waals surface area (Å²) in [5, 5.41) is 16.7. The van der Waals surface area contributed by atoms with Crippen LogP contribution >= 0.6 is 0 Å². The zero-order valence-corrected chi connectivity index (χ0v) is 19.9. The average Bonchev–Trinajstić information content (AvgIpc) is 3.50. The maximum atomic E-state index is 15.1. The van der Waals surface area contributed by atoms with E-state index in [1.807, 2.05) is 0 Å². The number of benzene rings is 2. The van der Waals surface area contributed by atoms with Gasteiger partial charge in [0.15, 0.2) is 21.3 Å². The highest BCUT2D eigenvalue weighted by Crippen LogP contribution is 2.30. The molecule has 1 fully saturated rings. The first-order valence-corrected chi connectivity index (χ1v) is 12.7. The van der Waals surface area contributed by atoms with Crippen molar-refractivity contribution in [3.63, 3.8) is 0 Å². The van der Waals surface area contributed by atoms with Gasteiger partial charge in [-0.2, -0.15) is 5.10 Å². The minimum absolute atomic E-state index is 0.0828. The fourth-order valence-corrected chi connectivity index (χ4v) is 4.92. The number of ether oxygens (including phenoxy) is 1. The highest BCUT2D eigenvalue weighted by Gasteiger charge is 2.30. The van der Waals surface area contributed by atoms with Crippen molar-refractivity contribution in [3.8, 4) is 11.1 Å². The molecule has 1 aliphatic heterocycles. The van der Waals surface area contributed by atoms with Gasteiger partial charge in [0.05, 0.1) is 23.1 Å². The largest absolute Gasteiger partial charge is 0.478 e. The molecule has 1 unspecified atom stereocenters. The van der Waals surface area contributed by atoms with Crippen LogP contribution in [0.5, 0.6) is 0 Å². The van der Waals surface area contributed by atoms with Gasteiger partial charge in [0, 0.05) is 24.6 Å². The van der Waals surface area contributed by atoms with Gasteiger partial charge in [0.25, 0.3) is 0 Å². The fourth-order valence-electron chi connectivity index (χ4n) is 4.06. The number of hydrogen-bond donors (Lipinski definition) is 2. The SMILES string of the molecule is CS(=O)(=O)c1c(F)ccc(C(=O)c2nn(C3NCCO3)c3ncc(-c4ccc(C(=O)O)cc4)cc23)c1F. The van der Waals surface area contributed by atoms with Crippen LogP contribution in [0.2, 0.25) is 0 Å². The smallest absolute Gasteiger partial charge is 0.335 e. The molecule has 4 aromatic rings. The first-order chi connectivity index (χ1) is 17.6. The third-order valence-electron chi connectivity index (χ3n) is 5.81. The highest BCUT2D eigenvalue weighted by molar-refractivity contribution is 7.90. The third kappa shape index (κ3) is 4.37. The maximum absolute atomic E-state index is 15.1. The molecule has 10 nitrogen and oxygen atoms in total. The van der Waals surface area contributed by atoms with Gasteiger partial charge in [-0.15, -0.1) is 0 Å². The molecule has 2 aromatic heterocycles. The van der Waals surface area contributed by atoms with Gasteiger partial charge in [-0.05, 0) is 35.9 Å². The quantitative estimate of drug-likeness (QED) is 0.362. The Morgan fingerprint density at radius 1 is 1.14 bits per heavy atom. The number of nitrogens with one attached hydrogen (secondary N) is 1. The molecule has 1 saturated heterocycles. The molecule has 2 N–H and O–H groups in total. The lowest BCUT2D eigenvalue weighted by Gasteiger charge is -2.11. The van der Waals surface area contributed by atoms with Crippen LogP contribution in [-0.4, -0.2) is 59.4 Å². The van der Waals surface area contributed by atoms with E-state index in [-0.39, 0.29) is 22.3 Å². The number of ketones is 1. The predicted molar refractivity (Wildman–Crippen MR) is 126 cm³/mol. The standard InChI is InChI=1S/C24H18F2N4O6S/c1-37(34,35)21-17(25)7-6-15(18(21)26)20(31)19-16-10-14(12-2-4-13(5-3-12)23(32)33)11-28-22(16)30(29-19)24-27-8-9-36-24/h2-7,10-11,24,27H,8-9H2,1H3,(H,32,33). The first kappa shape index (κ1) is 24.6. The number of nitrogens with zero attached hydrogens (tertiary/aromatic N) is 3. The summed E-state index contributed by atoms with van der Waals surface area (Å²) in [4.78, 5) is 27.9. The molecule has 0 radical (unpaired) electrons. The van der Waals surface area contributed by atoms with Gasteiger partial charge in [0.2, 0.25) is 12.1 Å². The Morgan fingerprint density at radius 3 is 2.49 bits per heavy atom. The zero-order valence-electron chi connectivity index (χ0n) is 19.1. The molecule has 3 heterocycles. The fraction of sp³-hybridized carbons (Fsp3) is 0.167. The number of carbonyl (C=O) groups excluding carboxylic acids is 1. The van der Waals surface area contributed by atoms with E-state index in [1.54, 1.807) is 18.2 Å². The lowest BCUT2D eigenvalue weighted by molar-refractivity contribution is 0.0372. The number of pyridine rings is 1. The van der Waals surface area contributed by atoms with Gasteiger partial charge in [0.1, 0.15) is 16.4 Å². The van der Waals surface area contributed by atoms with E-state index in [2.05, 4.69) is 15.4 Å². The minimum Gasteiger partial charge on any atom is -0.478 e. The van der Waals surface area contributed by atoms with Crippen LogP contribution in [0.15, 0.2) is 53.6 Å². The van der Waals surface area contributed by atoms with E-state index in [9.17, 15) is 22.4 Å². The van der Waals surface area contributed by atoms with Gasteiger partial charge < -0.3 is 9.84 Å². The molecule has 1 atom stereocenters. The summed E-state index contributed by atoms with van der Waals surface area (Å²) in [6, 6.07) is 9.10. The molecule has 0 aliphatic carbocycles. The normalized spacial score (nSPS) is 15.8. The van der Waals surface area contributed by atoms with E-state index in [1.165, 1.54) is 23.0 Å². The summed E-state index contributed by atoms with van der Waals surface area (Å²) >= 11 is 0. The second kappa shape index (κ2) is 9.10. The monoisotopic (exact) mass is 528 g/mol. The summed E-state index contributed by atoms with van der Waals surface area (Å²) in [7, 11) is -4.32. The average molecular weight is 528 g/mol. The summed E-state index contributed by atoms with van der Waals surface area (Å²) < 4.78 is 60.1. The highest BCUT2D eigenvalue weighted by atomic mass is 32.2. The molecule has 5 rings (SSSR count). The van der Waals surface area contributed by atoms with E-state index in [0.29, 0.717) is 36.6 Å². The maximum Gasteiger partial charge on any atom is 0.335 e. The van der Waals surface area contributed by atoms with E-state index >= 15 is 4.39 Å². The number of aromatic nitrogens is 3. The molecule has 190 valence electrons. The second-order valence-corrected chi connectivity index (χ2v) is 10.2. The number of carboxylic acid groups (broad SMARTS) is 1. The molecule has 0 saturated carbocycles. The van der Waals surface area contributed by atoms with Crippen molar-refractivity contribution in [3.05, 3.63) is 77.1 Å². The minimum atomic E-state index is -4.32.